The highest BCUT2D eigenvalue weighted by atomic mass is 19.1. The highest BCUT2D eigenvalue weighted by molar-refractivity contribution is 5.84. The van der Waals surface area contributed by atoms with Crippen LogP contribution in [0.5, 0.6) is 0 Å². The maximum atomic E-state index is 15.5. The molecule has 4 rings (SSSR count). The van der Waals surface area contributed by atoms with Gasteiger partial charge in [-0.05, 0) is 40.0 Å². The predicted octanol–water partition coefficient (Wildman–Crippen LogP) is 1.78. The number of hydrogen-bond acceptors (Lipinski definition) is 6. The molecule has 9 nitrogen and oxygen atoms in total. The Morgan fingerprint density at radius 1 is 1.19 bits per heavy atom. The molecule has 1 atom stereocenters. The number of hydrogen-bond donors (Lipinski definition) is 3. The van der Waals surface area contributed by atoms with Crippen LogP contribution in [0.1, 0.15) is 40.0 Å². The Balaban J connectivity index is 1.66. The van der Waals surface area contributed by atoms with E-state index in [0.717, 1.165) is 23.6 Å². The highest BCUT2D eigenvalue weighted by Gasteiger charge is 2.31. The van der Waals surface area contributed by atoms with Crippen LogP contribution >= 0.6 is 0 Å². The molecule has 1 aromatic heterocycles. The summed E-state index contributed by atoms with van der Waals surface area (Å²) in [5, 5.41) is 2.21. The van der Waals surface area contributed by atoms with Gasteiger partial charge >= 0.3 is 11.8 Å². The number of alkyl carbamates (subject to hydrolysis) is 1. The maximum absolute atomic E-state index is 15.5. The molecule has 2 aromatic rings. The van der Waals surface area contributed by atoms with Crippen LogP contribution in [0.15, 0.2) is 15.7 Å². The molecule has 11 heteroatoms. The third-order valence-corrected chi connectivity index (χ3v) is 5.18. The number of nitrogens with one attached hydrogen (secondary N) is 3. The molecule has 0 radical (unpaired) electrons. The summed E-state index contributed by atoms with van der Waals surface area (Å²) < 4.78 is 36.5. The third kappa shape index (κ3) is 4.35. The van der Waals surface area contributed by atoms with Crippen LogP contribution in [0.3, 0.4) is 0 Å². The summed E-state index contributed by atoms with van der Waals surface area (Å²) in [5.74, 6) is -1.80. The molecular weight excluding hydrogens is 412 g/mol. The Bertz CT molecular complexity index is 1150. The Kier molecular flexibility index (Phi) is 5.14. The molecule has 1 amide bonds. The van der Waals surface area contributed by atoms with E-state index in [1.54, 1.807) is 25.7 Å². The van der Waals surface area contributed by atoms with Crippen molar-refractivity contribution in [3.8, 4) is 0 Å². The largest absolute Gasteiger partial charge is 0.444 e. The standard InChI is InChI=1S/C20H25F2N5O4/c1-20(2,3)31-19(30)23-11-6-7-26(9-11)13-8-12(21)14-16(15(13)22)27(25-10-4-5-10)18(29)24-17(14)28/h8,10-11,25H,4-7,9H2,1-3H3,(H,23,30)(H,24,28,29)/t11-/m0/s1. The quantitative estimate of drug-likeness (QED) is 0.673. The molecular formula is C20H25F2N5O4. The van der Waals surface area contributed by atoms with Crippen molar-refractivity contribution in [2.45, 2.75) is 57.7 Å². The van der Waals surface area contributed by atoms with Gasteiger partial charge in [-0.2, -0.15) is 0 Å². The zero-order chi connectivity index (χ0) is 22.5. The number of aromatic nitrogens is 2. The van der Waals surface area contributed by atoms with Gasteiger partial charge in [-0.15, -0.1) is 0 Å². The van der Waals surface area contributed by atoms with Gasteiger partial charge in [0.05, 0.1) is 11.7 Å². The molecule has 2 aliphatic rings. The molecule has 0 bridgehead atoms. The molecule has 2 heterocycles. The number of benzene rings is 1. The van der Waals surface area contributed by atoms with Crippen molar-refractivity contribution in [1.29, 1.82) is 0 Å². The van der Waals surface area contributed by atoms with Gasteiger partial charge in [0.25, 0.3) is 5.56 Å². The molecule has 1 aromatic carbocycles. The summed E-state index contributed by atoms with van der Waals surface area (Å²) in [7, 11) is 0. The number of H-pyrrole nitrogens is 1. The fraction of sp³-hybridized carbons (Fsp3) is 0.550. The molecule has 1 aliphatic carbocycles. The van der Waals surface area contributed by atoms with Gasteiger partial charge in [-0.25, -0.2) is 23.0 Å². The number of anilines is 1. The summed E-state index contributed by atoms with van der Waals surface area (Å²) in [6.07, 6.45) is 1.50. The lowest BCUT2D eigenvalue weighted by atomic mass is 10.2. The first kappa shape index (κ1) is 21.1. The van der Waals surface area contributed by atoms with E-state index in [1.807, 2.05) is 4.98 Å². The van der Waals surface area contributed by atoms with Crippen LogP contribution in [0.25, 0.3) is 10.9 Å². The SMILES string of the molecule is CC(C)(C)OC(=O)N[C@H]1CCN(c2cc(F)c3c(=O)[nH]c(=O)n(NC4CC4)c3c2F)C1. The Hall–Kier alpha value is -3.11. The number of amides is 1. The van der Waals surface area contributed by atoms with Gasteiger partial charge in [0.1, 0.15) is 22.3 Å². The number of nitrogens with zero attached hydrogens (tertiary/aromatic N) is 2. The van der Waals surface area contributed by atoms with E-state index in [4.69, 9.17) is 4.74 Å². The molecule has 1 saturated heterocycles. The van der Waals surface area contributed by atoms with E-state index in [2.05, 4.69) is 10.7 Å². The number of aromatic amines is 1. The van der Waals surface area contributed by atoms with Crippen LogP contribution in [-0.4, -0.2) is 46.5 Å². The van der Waals surface area contributed by atoms with E-state index < -0.39 is 45.5 Å². The van der Waals surface area contributed by atoms with Gasteiger partial charge in [0.2, 0.25) is 0 Å². The van der Waals surface area contributed by atoms with Crippen molar-refractivity contribution in [1.82, 2.24) is 15.0 Å². The van der Waals surface area contributed by atoms with E-state index in [1.165, 1.54) is 0 Å². The topological polar surface area (TPSA) is 108 Å². The van der Waals surface area contributed by atoms with Gasteiger partial charge in [0.15, 0.2) is 5.82 Å². The maximum Gasteiger partial charge on any atom is 0.407 e. The Labute approximate surface area is 176 Å². The minimum Gasteiger partial charge on any atom is -0.444 e. The molecule has 1 saturated carbocycles. The van der Waals surface area contributed by atoms with Crippen LogP contribution in [-0.2, 0) is 4.74 Å². The summed E-state index contributed by atoms with van der Waals surface area (Å²) >= 11 is 0. The second-order valence-electron chi connectivity index (χ2n) is 8.99. The Morgan fingerprint density at radius 3 is 2.55 bits per heavy atom. The summed E-state index contributed by atoms with van der Waals surface area (Å²) in [5.41, 5.74) is -0.151. The fourth-order valence-corrected chi connectivity index (χ4v) is 3.66. The van der Waals surface area contributed by atoms with Crippen molar-refractivity contribution in [3.63, 3.8) is 0 Å². The molecule has 2 fully saturated rings. The minimum absolute atomic E-state index is 0.0351. The first-order chi connectivity index (χ1) is 14.5. The van der Waals surface area contributed by atoms with Crippen molar-refractivity contribution >= 4 is 22.7 Å². The number of rotatable bonds is 4. The van der Waals surface area contributed by atoms with E-state index in [0.29, 0.717) is 13.0 Å². The Morgan fingerprint density at radius 2 is 1.90 bits per heavy atom. The van der Waals surface area contributed by atoms with E-state index >= 15 is 4.39 Å². The average Bonchev–Trinajstić information content (AvgIpc) is 3.35. The van der Waals surface area contributed by atoms with Gasteiger partial charge in [0, 0.05) is 25.2 Å². The summed E-state index contributed by atoms with van der Waals surface area (Å²) in [4.78, 5) is 40.1. The van der Waals surface area contributed by atoms with Gasteiger partial charge < -0.3 is 20.4 Å². The summed E-state index contributed by atoms with van der Waals surface area (Å²) in [6, 6.07) is 0.598. The molecule has 1 aliphatic heterocycles. The molecule has 3 N–H and O–H groups in total. The lowest BCUT2D eigenvalue weighted by Crippen LogP contribution is -2.40. The fourth-order valence-electron chi connectivity index (χ4n) is 3.66. The predicted molar refractivity (Wildman–Crippen MR) is 111 cm³/mol. The molecule has 168 valence electrons. The van der Waals surface area contributed by atoms with Crippen LogP contribution in [0.2, 0.25) is 0 Å². The first-order valence-corrected chi connectivity index (χ1v) is 10.2. The van der Waals surface area contributed by atoms with Crippen LogP contribution in [0.4, 0.5) is 19.3 Å². The van der Waals surface area contributed by atoms with Crippen LogP contribution < -0.4 is 26.9 Å². The second kappa shape index (κ2) is 7.54. The number of carbonyl (C=O) groups is 1. The lowest BCUT2D eigenvalue weighted by Gasteiger charge is -2.23. The molecule has 0 unspecified atom stereocenters. The molecule has 0 spiro atoms. The summed E-state index contributed by atoms with van der Waals surface area (Å²) in [6.45, 7) is 5.82. The van der Waals surface area contributed by atoms with Crippen molar-refractivity contribution < 1.29 is 18.3 Å². The first-order valence-electron chi connectivity index (χ1n) is 10.2. The van der Waals surface area contributed by atoms with E-state index in [-0.39, 0.29) is 24.3 Å². The second-order valence-corrected chi connectivity index (χ2v) is 8.99. The average molecular weight is 437 g/mol. The smallest absolute Gasteiger partial charge is 0.407 e. The third-order valence-electron chi connectivity index (χ3n) is 5.18. The van der Waals surface area contributed by atoms with Gasteiger partial charge in [-0.1, -0.05) is 0 Å². The van der Waals surface area contributed by atoms with Gasteiger partial charge in [-0.3, -0.25) is 9.78 Å². The number of carbonyl (C=O) groups excluding carboxylic acids is 1. The number of halogens is 2. The highest BCUT2D eigenvalue weighted by Crippen LogP contribution is 2.30. The van der Waals surface area contributed by atoms with Crippen LogP contribution in [0, 0.1) is 11.6 Å². The van der Waals surface area contributed by atoms with Crippen molar-refractivity contribution in [2.75, 3.05) is 23.4 Å². The zero-order valence-electron chi connectivity index (χ0n) is 17.6. The van der Waals surface area contributed by atoms with Crippen molar-refractivity contribution in [2.24, 2.45) is 0 Å². The monoisotopic (exact) mass is 437 g/mol. The zero-order valence-corrected chi connectivity index (χ0v) is 17.6. The normalized spacial score (nSPS) is 19.0. The van der Waals surface area contributed by atoms with Crippen molar-refractivity contribution in [3.05, 3.63) is 38.5 Å². The minimum atomic E-state index is -0.984. The molecule has 31 heavy (non-hydrogen) atoms. The van der Waals surface area contributed by atoms with E-state index in [9.17, 15) is 18.8 Å². The number of fused-ring (bicyclic) bond motifs is 1. The number of ether oxygens (including phenoxy) is 1. The lowest BCUT2D eigenvalue weighted by molar-refractivity contribution is 0.0509.